The van der Waals surface area contributed by atoms with Crippen LogP contribution in [0.3, 0.4) is 0 Å². The monoisotopic (exact) mass is 291 g/mol. The van der Waals surface area contributed by atoms with E-state index in [1.165, 1.54) is 0 Å². The first kappa shape index (κ1) is 17.2. The maximum absolute atomic E-state index is 11.9. The molecule has 0 fully saturated rings. The van der Waals surface area contributed by atoms with E-state index in [4.69, 9.17) is 5.73 Å². The van der Waals surface area contributed by atoms with Gasteiger partial charge >= 0.3 is 0 Å². The number of amides is 2. The first-order chi connectivity index (χ1) is 10.1. The normalized spacial score (nSPS) is 11.8. The maximum Gasteiger partial charge on any atom is 0.251 e. The average Bonchev–Trinajstić information content (AvgIpc) is 2.51. The van der Waals surface area contributed by atoms with Gasteiger partial charge in [-0.1, -0.05) is 13.3 Å². The van der Waals surface area contributed by atoms with Crippen molar-refractivity contribution < 1.29 is 9.59 Å². The molecule has 21 heavy (non-hydrogen) atoms. The van der Waals surface area contributed by atoms with Crippen molar-refractivity contribution in [2.24, 2.45) is 11.7 Å². The van der Waals surface area contributed by atoms with Crippen LogP contribution in [-0.2, 0) is 4.79 Å². The Morgan fingerprint density at radius 1 is 1.19 bits per heavy atom. The van der Waals surface area contributed by atoms with Crippen molar-refractivity contribution in [2.45, 2.75) is 32.6 Å². The lowest BCUT2D eigenvalue weighted by Gasteiger charge is -2.13. The van der Waals surface area contributed by atoms with Crippen LogP contribution in [0, 0.1) is 5.92 Å². The zero-order valence-corrected chi connectivity index (χ0v) is 12.8. The van der Waals surface area contributed by atoms with Gasteiger partial charge in [0.05, 0.1) is 0 Å². The van der Waals surface area contributed by atoms with Crippen LogP contribution in [-0.4, -0.2) is 25.4 Å². The third kappa shape index (κ3) is 5.95. The minimum absolute atomic E-state index is 0.00170. The Morgan fingerprint density at radius 3 is 2.38 bits per heavy atom. The van der Waals surface area contributed by atoms with E-state index in [-0.39, 0.29) is 11.8 Å². The third-order valence-corrected chi connectivity index (χ3v) is 3.59. The molecule has 4 N–H and O–H groups in total. The summed E-state index contributed by atoms with van der Waals surface area (Å²) < 4.78 is 0. The van der Waals surface area contributed by atoms with Gasteiger partial charge in [-0.15, -0.1) is 0 Å². The smallest absolute Gasteiger partial charge is 0.251 e. The number of hydrogen-bond donors (Lipinski definition) is 3. The standard InChI is InChI=1S/C16H25N3O2/c1-3-12(10-11-17)4-9-15(20)19-14-7-5-13(6-8-14)16(21)18-2/h5-8,12H,3-4,9-11,17H2,1-2H3,(H,18,21)(H,19,20). The minimum Gasteiger partial charge on any atom is -0.355 e. The highest BCUT2D eigenvalue weighted by molar-refractivity contribution is 5.95. The predicted octanol–water partition coefficient (Wildman–Crippen LogP) is 2.14. The fourth-order valence-corrected chi connectivity index (χ4v) is 2.20. The van der Waals surface area contributed by atoms with Crippen molar-refractivity contribution in [3.63, 3.8) is 0 Å². The quantitative estimate of drug-likeness (QED) is 0.686. The van der Waals surface area contributed by atoms with Crippen LogP contribution in [0.4, 0.5) is 5.69 Å². The lowest BCUT2D eigenvalue weighted by atomic mass is 9.96. The van der Waals surface area contributed by atoms with E-state index in [0.29, 0.717) is 30.1 Å². The summed E-state index contributed by atoms with van der Waals surface area (Å²) in [5.74, 6) is 0.370. The van der Waals surface area contributed by atoms with E-state index in [0.717, 1.165) is 19.3 Å². The Morgan fingerprint density at radius 2 is 1.86 bits per heavy atom. The van der Waals surface area contributed by atoms with Gasteiger partial charge in [-0.3, -0.25) is 9.59 Å². The molecule has 2 amide bonds. The SMILES string of the molecule is CCC(CCN)CCC(=O)Nc1ccc(C(=O)NC)cc1. The maximum atomic E-state index is 11.9. The Hall–Kier alpha value is -1.88. The number of hydrogen-bond acceptors (Lipinski definition) is 3. The van der Waals surface area contributed by atoms with Gasteiger partial charge in [0.2, 0.25) is 5.91 Å². The Labute approximate surface area is 126 Å². The molecule has 5 heteroatoms. The van der Waals surface area contributed by atoms with Gasteiger partial charge in [-0.2, -0.15) is 0 Å². The molecule has 0 saturated heterocycles. The number of carbonyl (C=O) groups excluding carboxylic acids is 2. The fraction of sp³-hybridized carbons (Fsp3) is 0.500. The van der Waals surface area contributed by atoms with E-state index in [9.17, 15) is 9.59 Å². The summed E-state index contributed by atoms with van der Waals surface area (Å²) in [7, 11) is 1.59. The summed E-state index contributed by atoms with van der Waals surface area (Å²) in [6.07, 6.45) is 3.36. The highest BCUT2D eigenvalue weighted by Crippen LogP contribution is 2.16. The van der Waals surface area contributed by atoms with Crippen LogP contribution in [0.1, 0.15) is 43.0 Å². The molecule has 0 heterocycles. The van der Waals surface area contributed by atoms with Gasteiger partial charge in [0.1, 0.15) is 0 Å². The van der Waals surface area contributed by atoms with Gasteiger partial charge in [-0.05, 0) is 49.6 Å². The molecule has 0 bridgehead atoms. The van der Waals surface area contributed by atoms with E-state index in [1.54, 1.807) is 31.3 Å². The van der Waals surface area contributed by atoms with Gasteiger partial charge in [0, 0.05) is 24.7 Å². The highest BCUT2D eigenvalue weighted by Gasteiger charge is 2.09. The molecule has 0 aliphatic heterocycles. The third-order valence-electron chi connectivity index (χ3n) is 3.59. The van der Waals surface area contributed by atoms with Crippen molar-refractivity contribution in [3.05, 3.63) is 29.8 Å². The topological polar surface area (TPSA) is 84.2 Å². The van der Waals surface area contributed by atoms with Crippen molar-refractivity contribution in [1.82, 2.24) is 5.32 Å². The van der Waals surface area contributed by atoms with Crippen LogP contribution in [0.25, 0.3) is 0 Å². The Kier molecular flexibility index (Phi) is 7.46. The fourth-order valence-electron chi connectivity index (χ4n) is 2.20. The summed E-state index contributed by atoms with van der Waals surface area (Å²) in [5, 5.41) is 5.40. The molecular weight excluding hydrogens is 266 g/mol. The van der Waals surface area contributed by atoms with E-state index < -0.39 is 0 Å². The summed E-state index contributed by atoms with van der Waals surface area (Å²) in [4.78, 5) is 23.3. The van der Waals surface area contributed by atoms with Gasteiger partial charge < -0.3 is 16.4 Å². The molecule has 0 spiro atoms. The molecule has 0 saturated carbocycles. The summed E-state index contributed by atoms with van der Waals surface area (Å²) in [6, 6.07) is 6.86. The molecular formula is C16H25N3O2. The molecule has 5 nitrogen and oxygen atoms in total. The lowest BCUT2D eigenvalue weighted by Crippen LogP contribution is -2.18. The second-order valence-corrected chi connectivity index (χ2v) is 5.09. The van der Waals surface area contributed by atoms with Crippen molar-refractivity contribution >= 4 is 17.5 Å². The van der Waals surface area contributed by atoms with E-state index in [2.05, 4.69) is 17.6 Å². The number of nitrogens with one attached hydrogen (secondary N) is 2. The second-order valence-electron chi connectivity index (χ2n) is 5.09. The van der Waals surface area contributed by atoms with Crippen LogP contribution in [0.5, 0.6) is 0 Å². The number of anilines is 1. The highest BCUT2D eigenvalue weighted by atomic mass is 16.2. The molecule has 1 unspecified atom stereocenters. The molecule has 1 atom stereocenters. The zero-order chi connectivity index (χ0) is 15.7. The average molecular weight is 291 g/mol. The summed E-state index contributed by atoms with van der Waals surface area (Å²) in [6.45, 7) is 2.79. The summed E-state index contributed by atoms with van der Waals surface area (Å²) in [5.41, 5.74) is 6.83. The van der Waals surface area contributed by atoms with Crippen LogP contribution >= 0.6 is 0 Å². The van der Waals surface area contributed by atoms with Crippen LogP contribution < -0.4 is 16.4 Å². The number of rotatable bonds is 8. The van der Waals surface area contributed by atoms with Crippen LogP contribution in [0.15, 0.2) is 24.3 Å². The van der Waals surface area contributed by atoms with Gasteiger partial charge in [0.25, 0.3) is 5.91 Å². The predicted molar refractivity (Wildman–Crippen MR) is 85.1 cm³/mol. The first-order valence-electron chi connectivity index (χ1n) is 7.42. The second kappa shape index (κ2) is 9.13. The lowest BCUT2D eigenvalue weighted by molar-refractivity contribution is -0.116. The first-order valence-corrected chi connectivity index (χ1v) is 7.42. The molecule has 0 aromatic heterocycles. The molecule has 0 aliphatic rings. The largest absolute Gasteiger partial charge is 0.355 e. The number of nitrogens with two attached hydrogens (primary N) is 1. The van der Waals surface area contributed by atoms with Crippen LogP contribution in [0.2, 0.25) is 0 Å². The van der Waals surface area contributed by atoms with Crippen molar-refractivity contribution in [3.8, 4) is 0 Å². The molecule has 116 valence electrons. The Bertz CT molecular complexity index is 457. The zero-order valence-electron chi connectivity index (χ0n) is 12.8. The molecule has 1 aromatic carbocycles. The van der Waals surface area contributed by atoms with Gasteiger partial charge in [-0.25, -0.2) is 0 Å². The van der Waals surface area contributed by atoms with Gasteiger partial charge in [0.15, 0.2) is 0 Å². The number of benzene rings is 1. The van der Waals surface area contributed by atoms with Crippen molar-refractivity contribution in [2.75, 3.05) is 18.9 Å². The molecule has 0 aliphatic carbocycles. The van der Waals surface area contributed by atoms with E-state index in [1.807, 2.05) is 0 Å². The molecule has 0 radical (unpaired) electrons. The number of carbonyl (C=O) groups is 2. The molecule has 1 rings (SSSR count). The van der Waals surface area contributed by atoms with Crippen molar-refractivity contribution in [1.29, 1.82) is 0 Å². The molecule has 1 aromatic rings. The minimum atomic E-state index is -0.138. The Balaban J connectivity index is 2.45. The summed E-state index contributed by atoms with van der Waals surface area (Å²) >= 11 is 0. The van der Waals surface area contributed by atoms with E-state index >= 15 is 0 Å².